The molecule has 0 radical (unpaired) electrons. The lowest BCUT2D eigenvalue weighted by Gasteiger charge is -2.14. The van der Waals surface area contributed by atoms with Crippen molar-refractivity contribution >= 4 is 16.8 Å². The van der Waals surface area contributed by atoms with Crippen LogP contribution in [0.4, 0.5) is 0 Å². The van der Waals surface area contributed by atoms with Gasteiger partial charge in [-0.15, -0.1) is 0 Å². The van der Waals surface area contributed by atoms with Crippen LogP contribution in [0.15, 0.2) is 44.4 Å². The molecule has 13 nitrogen and oxygen atoms in total. The Morgan fingerprint density at radius 2 is 1.82 bits per heavy atom. The number of hydrogen-bond acceptors (Lipinski definition) is 10. The van der Waals surface area contributed by atoms with E-state index < -0.39 is 17.2 Å². The van der Waals surface area contributed by atoms with Crippen LogP contribution in [0.2, 0.25) is 0 Å². The molecular weight excluding hydrogens is 498 g/mol. The SMILES string of the molecule is COc1ccc(CCNC(=O)Cn2c(=O)n(Cc3nc(C)no3)c(=O)c3cc4c(cc32)OCO4)cc1OC. The molecule has 4 aromatic rings. The molecule has 198 valence electrons. The zero-order chi connectivity index (χ0) is 26.8. The zero-order valence-corrected chi connectivity index (χ0v) is 21.0. The van der Waals surface area contributed by atoms with Crippen molar-refractivity contribution in [2.75, 3.05) is 27.6 Å². The van der Waals surface area contributed by atoms with Crippen molar-refractivity contribution in [1.82, 2.24) is 24.6 Å². The first-order chi connectivity index (χ1) is 18.4. The fraction of sp³-hybridized carbons (Fsp3) is 0.320. The maximum atomic E-state index is 13.4. The third-order valence-electron chi connectivity index (χ3n) is 6.07. The minimum atomic E-state index is -0.702. The molecule has 5 rings (SSSR count). The average molecular weight is 524 g/mol. The highest BCUT2D eigenvalue weighted by atomic mass is 16.7. The molecule has 1 N–H and O–H groups in total. The number of hydrogen-bond donors (Lipinski definition) is 1. The molecule has 1 amide bonds. The van der Waals surface area contributed by atoms with Gasteiger partial charge in [0.15, 0.2) is 28.8 Å². The molecule has 0 fully saturated rings. The van der Waals surface area contributed by atoms with Crippen LogP contribution >= 0.6 is 0 Å². The summed E-state index contributed by atoms with van der Waals surface area (Å²) in [4.78, 5) is 43.7. The molecule has 3 heterocycles. The number of nitrogens with one attached hydrogen (secondary N) is 1. The summed E-state index contributed by atoms with van der Waals surface area (Å²) in [5.41, 5.74) is -0.101. The van der Waals surface area contributed by atoms with Crippen molar-refractivity contribution in [3.63, 3.8) is 0 Å². The molecule has 0 unspecified atom stereocenters. The zero-order valence-electron chi connectivity index (χ0n) is 21.0. The Balaban J connectivity index is 1.41. The number of carbonyl (C=O) groups is 1. The first kappa shape index (κ1) is 24.9. The second-order valence-electron chi connectivity index (χ2n) is 8.51. The van der Waals surface area contributed by atoms with E-state index in [2.05, 4.69) is 15.5 Å². The molecule has 2 aromatic carbocycles. The first-order valence-corrected chi connectivity index (χ1v) is 11.7. The van der Waals surface area contributed by atoms with Crippen molar-refractivity contribution in [1.29, 1.82) is 0 Å². The van der Waals surface area contributed by atoms with Crippen molar-refractivity contribution < 1.29 is 28.3 Å². The monoisotopic (exact) mass is 523 g/mol. The highest BCUT2D eigenvalue weighted by Crippen LogP contribution is 2.34. The number of aryl methyl sites for hydroxylation is 1. The Morgan fingerprint density at radius 1 is 1.05 bits per heavy atom. The Morgan fingerprint density at radius 3 is 2.53 bits per heavy atom. The molecule has 1 aliphatic heterocycles. The molecular formula is C25H25N5O8. The van der Waals surface area contributed by atoms with E-state index in [1.54, 1.807) is 27.2 Å². The van der Waals surface area contributed by atoms with Gasteiger partial charge in [0.05, 0.1) is 25.1 Å². The van der Waals surface area contributed by atoms with Crippen molar-refractivity contribution in [2.45, 2.75) is 26.4 Å². The predicted octanol–water partition coefficient (Wildman–Crippen LogP) is 1.01. The minimum Gasteiger partial charge on any atom is -0.493 e. The van der Waals surface area contributed by atoms with E-state index in [1.165, 1.54) is 16.7 Å². The lowest BCUT2D eigenvalue weighted by atomic mass is 10.1. The molecule has 13 heteroatoms. The van der Waals surface area contributed by atoms with E-state index in [9.17, 15) is 14.4 Å². The number of aromatic nitrogens is 4. The normalized spacial score (nSPS) is 12.1. The summed E-state index contributed by atoms with van der Waals surface area (Å²) >= 11 is 0. The van der Waals surface area contributed by atoms with Gasteiger partial charge >= 0.3 is 5.69 Å². The summed E-state index contributed by atoms with van der Waals surface area (Å²) in [7, 11) is 3.11. The number of fused-ring (bicyclic) bond motifs is 2. The molecule has 0 spiro atoms. The maximum absolute atomic E-state index is 13.4. The molecule has 0 saturated carbocycles. The van der Waals surface area contributed by atoms with E-state index in [4.69, 9.17) is 23.5 Å². The Hall–Kier alpha value is -4.81. The highest BCUT2D eigenvalue weighted by Gasteiger charge is 2.22. The van der Waals surface area contributed by atoms with Gasteiger partial charge in [-0.25, -0.2) is 4.79 Å². The molecule has 1 aliphatic rings. The van der Waals surface area contributed by atoms with Gasteiger partial charge in [-0.1, -0.05) is 11.2 Å². The van der Waals surface area contributed by atoms with Crippen molar-refractivity contribution in [3.8, 4) is 23.0 Å². The number of nitrogens with zero attached hydrogens (tertiary/aromatic N) is 4. The summed E-state index contributed by atoms with van der Waals surface area (Å²) < 4.78 is 28.7. The second-order valence-corrected chi connectivity index (χ2v) is 8.51. The van der Waals surface area contributed by atoms with E-state index in [-0.39, 0.29) is 36.7 Å². The number of carbonyl (C=O) groups excluding carboxylic acids is 1. The van der Waals surface area contributed by atoms with Gasteiger partial charge < -0.3 is 28.8 Å². The minimum absolute atomic E-state index is 0.0119. The lowest BCUT2D eigenvalue weighted by Crippen LogP contribution is -2.43. The van der Waals surface area contributed by atoms with Crippen LogP contribution in [-0.4, -0.2) is 52.7 Å². The van der Waals surface area contributed by atoms with E-state index in [0.29, 0.717) is 41.8 Å². The Labute approximate surface area is 215 Å². The van der Waals surface area contributed by atoms with Gasteiger partial charge in [0.1, 0.15) is 13.1 Å². The van der Waals surface area contributed by atoms with E-state index in [1.807, 2.05) is 12.1 Å². The quantitative estimate of drug-likeness (QED) is 0.337. The second kappa shape index (κ2) is 10.3. The van der Waals surface area contributed by atoms with Gasteiger partial charge in [0, 0.05) is 12.6 Å². The van der Waals surface area contributed by atoms with Crippen LogP contribution in [0.1, 0.15) is 17.3 Å². The van der Waals surface area contributed by atoms with Crippen LogP contribution in [-0.2, 0) is 24.3 Å². The predicted molar refractivity (Wildman–Crippen MR) is 133 cm³/mol. The molecule has 0 atom stereocenters. The molecule has 0 bridgehead atoms. The lowest BCUT2D eigenvalue weighted by molar-refractivity contribution is -0.121. The van der Waals surface area contributed by atoms with E-state index in [0.717, 1.165) is 10.1 Å². The number of ether oxygens (including phenoxy) is 4. The number of methoxy groups -OCH3 is 2. The van der Waals surface area contributed by atoms with Gasteiger partial charge in [-0.3, -0.25) is 18.7 Å². The Bertz CT molecular complexity index is 1640. The summed E-state index contributed by atoms with van der Waals surface area (Å²) in [6.07, 6.45) is 0.524. The fourth-order valence-electron chi connectivity index (χ4n) is 4.22. The van der Waals surface area contributed by atoms with Crippen LogP contribution in [0.5, 0.6) is 23.0 Å². The maximum Gasteiger partial charge on any atom is 0.332 e. The van der Waals surface area contributed by atoms with Gasteiger partial charge in [-0.05, 0) is 37.1 Å². The van der Waals surface area contributed by atoms with Gasteiger partial charge in [0.25, 0.3) is 5.56 Å². The van der Waals surface area contributed by atoms with E-state index >= 15 is 0 Å². The largest absolute Gasteiger partial charge is 0.493 e. The van der Waals surface area contributed by atoms with Crippen LogP contribution in [0, 0.1) is 6.92 Å². The highest BCUT2D eigenvalue weighted by molar-refractivity contribution is 5.84. The number of benzene rings is 2. The third-order valence-corrected chi connectivity index (χ3v) is 6.07. The summed E-state index contributed by atoms with van der Waals surface area (Å²) in [6, 6.07) is 8.53. The molecule has 38 heavy (non-hydrogen) atoms. The van der Waals surface area contributed by atoms with Gasteiger partial charge in [0.2, 0.25) is 18.6 Å². The van der Waals surface area contributed by atoms with Gasteiger partial charge in [-0.2, -0.15) is 4.98 Å². The first-order valence-electron chi connectivity index (χ1n) is 11.7. The molecule has 2 aromatic heterocycles. The van der Waals surface area contributed by atoms with Crippen molar-refractivity contribution in [2.24, 2.45) is 0 Å². The standard InChI is InChI=1S/C25H25N5O8/c1-14-27-23(38-28-14)12-30-24(32)16-9-20-21(37-13-36-20)10-17(16)29(25(30)33)11-22(31)26-7-6-15-4-5-18(34-2)19(8-15)35-3/h4-5,8-10H,6-7,11-13H2,1-3H3,(H,26,31). The molecule has 0 aliphatic carbocycles. The number of rotatable bonds is 9. The third kappa shape index (κ3) is 4.77. The summed E-state index contributed by atoms with van der Waals surface area (Å²) in [5.74, 6) is 2.00. The molecule has 0 saturated heterocycles. The fourth-order valence-corrected chi connectivity index (χ4v) is 4.22. The van der Waals surface area contributed by atoms with Crippen LogP contribution in [0.3, 0.4) is 0 Å². The summed E-state index contributed by atoms with van der Waals surface area (Å²) in [6.45, 7) is 1.35. The topological polar surface area (TPSA) is 149 Å². The number of amides is 1. The van der Waals surface area contributed by atoms with Crippen LogP contribution < -0.4 is 35.5 Å². The Kier molecular flexibility index (Phi) is 6.73. The summed E-state index contributed by atoms with van der Waals surface area (Å²) in [5, 5.41) is 6.71. The van der Waals surface area contributed by atoms with Crippen molar-refractivity contribution in [3.05, 3.63) is 68.4 Å². The van der Waals surface area contributed by atoms with Crippen LogP contribution in [0.25, 0.3) is 10.9 Å². The average Bonchev–Trinajstić information content (AvgIpc) is 3.56. The smallest absolute Gasteiger partial charge is 0.332 e.